The second-order valence-electron chi connectivity index (χ2n) is 5.29. The predicted molar refractivity (Wildman–Crippen MR) is 85.9 cm³/mol. The van der Waals surface area contributed by atoms with Crippen molar-refractivity contribution in [3.63, 3.8) is 0 Å². The van der Waals surface area contributed by atoms with Crippen LogP contribution in [0.4, 0.5) is 0 Å². The highest BCUT2D eigenvalue weighted by Crippen LogP contribution is 2.11. The molecule has 1 unspecified atom stereocenters. The van der Waals surface area contributed by atoms with Crippen molar-refractivity contribution in [1.82, 2.24) is 10.6 Å². The first-order chi connectivity index (χ1) is 9.75. The summed E-state index contributed by atoms with van der Waals surface area (Å²) in [5.41, 5.74) is 0.678. The molecule has 0 aromatic heterocycles. The summed E-state index contributed by atoms with van der Waals surface area (Å²) in [7, 11) is 0. The summed E-state index contributed by atoms with van der Waals surface area (Å²) in [6, 6.07) is 9.12. The van der Waals surface area contributed by atoms with Crippen LogP contribution in [0, 0.1) is 5.92 Å². The number of benzene rings is 1. The van der Waals surface area contributed by atoms with Gasteiger partial charge < -0.3 is 10.6 Å². The first-order valence-corrected chi connectivity index (χ1v) is 7.31. The van der Waals surface area contributed by atoms with Crippen molar-refractivity contribution in [1.29, 1.82) is 0 Å². The van der Waals surface area contributed by atoms with Gasteiger partial charge in [-0.05, 0) is 31.8 Å². The van der Waals surface area contributed by atoms with Crippen molar-refractivity contribution in [3.05, 3.63) is 35.9 Å². The van der Waals surface area contributed by atoms with Crippen LogP contribution in [-0.2, 0) is 4.79 Å². The molecule has 1 atom stereocenters. The Morgan fingerprint density at radius 1 is 1.19 bits per heavy atom. The van der Waals surface area contributed by atoms with Crippen LogP contribution in [-0.4, -0.2) is 31.3 Å². The second-order valence-corrected chi connectivity index (χ2v) is 5.29. The Morgan fingerprint density at radius 2 is 1.95 bits per heavy atom. The zero-order valence-electron chi connectivity index (χ0n) is 12.1. The van der Waals surface area contributed by atoms with Gasteiger partial charge in [-0.1, -0.05) is 30.3 Å². The number of carbonyl (C=O) groups is 2. The monoisotopic (exact) mass is 310 g/mol. The molecule has 1 aromatic carbocycles. The predicted octanol–water partition coefficient (Wildman–Crippen LogP) is 2.19. The fraction of sp³-hybridized carbons (Fsp3) is 0.500. The van der Waals surface area contributed by atoms with Gasteiger partial charge >= 0.3 is 0 Å². The summed E-state index contributed by atoms with van der Waals surface area (Å²) in [4.78, 5) is 23.5. The second kappa shape index (κ2) is 9.53. The Kier molecular flexibility index (Phi) is 8.01. The number of rotatable bonds is 7. The van der Waals surface area contributed by atoms with Crippen molar-refractivity contribution >= 4 is 24.1 Å². The lowest BCUT2D eigenvalue weighted by Gasteiger charge is -2.09. The number of hydrogen-bond acceptors (Lipinski definition) is 3. The highest BCUT2D eigenvalue weighted by Gasteiger charge is 2.14. The van der Waals surface area contributed by atoms with Gasteiger partial charge in [-0.3, -0.25) is 9.59 Å². The van der Waals surface area contributed by atoms with Crippen molar-refractivity contribution < 1.29 is 9.59 Å². The zero-order chi connectivity index (χ0) is 14.2. The third-order valence-electron chi connectivity index (χ3n) is 3.71. The molecule has 1 aromatic rings. The highest BCUT2D eigenvalue weighted by molar-refractivity contribution is 5.97. The quantitative estimate of drug-likeness (QED) is 0.759. The molecule has 0 aliphatic carbocycles. The van der Waals surface area contributed by atoms with Gasteiger partial charge in [-0.15, -0.1) is 12.4 Å². The molecule has 2 N–H and O–H groups in total. The molecule has 21 heavy (non-hydrogen) atoms. The van der Waals surface area contributed by atoms with Gasteiger partial charge in [-0.2, -0.15) is 0 Å². The van der Waals surface area contributed by atoms with Gasteiger partial charge in [0.2, 0.25) is 5.91 Å². The normalized spacial score (nSPS) is 17.0. The van der Waals surface area contributed by atoms with Crippen LogP contribution in [0.3, 0.4) is 0 Å². The van der Waals surface area contributed by atoms with Crippen LogP contribution in [0.15, 0.2) is 30.3 Å². The van der Waals surface area contributed by atoms with E-state index in [9.17, 15) is 9.59 Å². The van der Waals surface area contributed by atoms with Gasteiger partial charge in [0.1, 0.15) is 0 Å². The van der Waals surface area contributed by atoms with E-state index < -0.39 is 0 Å². The molecule has 1 saturated heterocycles. The van der Waals surface area contributed by atoms with E-state index >= 15 is 0 Å². The first kappa shape index (κ1) is 17.7. The third-order valence-corrected chi connectivity index (χ3v) is 3.71. The minimum absolute atomic E-state index is 0. The largest absolute Gasteiger partial charge is 0.356 e. The molecule has 1 fully saturated rings. The maximum Gasteiger partial charge on any atom is 0.220 e. The molecule has 0 spiro atoms. The maximum atomic E-state index is 11.8. The number of amides is 1. The number of hydrogen-bond donors (Lipinski definition) is 2. The molecule has 1 aliphatic heterocycles. The summed E-state index contributed by atoms with van der Waals surface area (Å²) in [5.74, 6) is 0.683. The molecule has 1 amide bonds. The molecule has 1 heterocycles. The van der Waals surface area contributed by atoms with Crippen LogP contribution >= 0.6 is 12.4 Å². The average molecular weight is 311 g/mol. The van der Waals surface area contributed by atoms with Gasteiger partial charge in [-0.25, -0.2) is 0 Å². The van der Waals surface area contributed by atoms with Crippen molar-refractivity contribution in [2.75, 3.05) is 19.6 Å². The summed E-state index contributed by atoms with van der Waals surface area (Å²) >= 11 is 0. The van der Waals surface area contributed by atoms with Crippen LogP contribution in [0.1, 0.15) is 36.0 Å². The lowest BCUT2D eigenvalue weighted by atomic mass is 10.0. The lowest BCUT2D eigenvalue weighted by molar-refractivity contribution is -0.121. The van der Waals surface area contributed by atoms with E-state index in [1.807, 2.05) is 18.2 Å². The molecule has 0 radical (unpaired) electrons. The molecule has 0 saturated carbocycles. The van der Waals surface area contributed by atoms with Gasteiger partial charge in [0, 0.05) is 24.9 Å². The number of halogens is 1. The molecule has 5 heteroatoms. The fourth-order valence-corrected chi connectivity index (χ4v) is 2.46. The summed E-state index contributed by atoms with van der Waals surface area (Å²) in [6.45, 7) is 2.86. The average Bonchev–Trinajstić information content (AvgIpc) is 2.99. The number of Topliss-reactive ketones (excluding diaryl/α,β-unsaturated/α-hetero) is 1. The Bertz CT molecular complexity index is 445. The number of ketones is 1. The number of nitrogens with one attached hydrogen (secondary N) is 2. The zero-order valence-corrected chi connectivity index (χ0v) is 13.0. The number of carbonyl (C=O) groups excluding carboxylic acids is 2. The Morgan fingerprint density at radius 3 is 2.62 bits per heavy atom. The molecule has 2 rings (SSSR count). The standard InChI is InChI=1S/C16H22N2O2.ClH/c19-15(14-4-2-1-3-5-14)6-7-16(20)18-11-9-13-8-10-17-12-13;/h1-5,13,17H,6-12H2,(H,18,20);1H. The van der Waals surface area contributed by atoms with E-state index in [1.54, 1.807) is 12.1 Å². The van der Waals surface area contributed by atoms with Crippen molar-refractivity contribution in [3.8, 4) is 0 Å². The Balaban J connectivity index is 0.00000220. The molecular weight excluding hydrogens is 288 g/mol. The Labute approximate surface area is 132 Å². The van der Waals surface area contributed by atoms with E-state index in [0.717, 1.165) is 19.5 Å². The van der Waals surface area contributed by atoms with Gasteiger partial charge in [0.05, 0.1) is 0 Å². The van der Waals surface area contributed by atoms with E-state index in [-0.39, 0.29) is 36.9 Å². The highest BCUT2D eigenvalue weighted by atomic mass is 35.5. The van der Waals surface area contributed by atoms with Gasteiger partial charge in [0.15, 0.2) is 5.78 Å². The van der Waals surface area contributed by atoms with E-state index in [0.29, 0.717) is 18.0 Å². The van der Waals surface area contributed by atoms with E-state index in [4.69, 9.17) is 0 Å². The topological polar surface area (TPSA) is 58.2 Å². The minimum Gasteiger partial charge on any atom is -0.356 e. The SMILES string of the molecule is Cl.O=C(CCC(=O)c1ccccc1)NCCC1CCNC1. The van der Waals surface area contributed by atoms with Crippen molar-refractivity contribution in [2.24, 2.45) is 5.92 Å². The van der Waals surface area contributed by atoms with Crippen LogP contribution in [0.2, 0.25) is 0 Å². The lowest BCUT2D eigenvalue weighted by Crippen LogP contribution is -2.26. The van der Waals surface area contributed by atoms with Gasteiger partial charge in [0.25, 0.3) is 0 Å². The summed E-state index contributed by atoms with van der Waals surface area (Å²) in [5, 5.41) is 6.21. The van der Waals surface area contributed by atoms with Crippen LogP contribution in [0.25, 0.3) is 0 Å². The minimum atomic E-state index is -0.0276. The van der Waals surface area contributed by atoms with E-state index in [1.165, 1.54) is 6.42 Å². The first-order valence-electron chi connectivity index (χ1n) is 7.31. The van der Waals surface area contributed by atoms with Crippen LogP contribution in [0.5, 0.6) is 0 Å². The smallest absolute Gasteiger partial charge is 0.220 e. The van der Waals surface area contributed by atoms with E-state index in [2.05, 4.69) is 10.6 Å². The summed E-state index contributed by atoms with van der Waals surface area (Å²) < 4.78 is 0. The third kappa shape index (κ3) is 6.27. The summed E-state index contributed by atoms with van der Waals surface area (Å²) in [6.07, 6.45) is 2.77. The molecule has 0 bridgehead atoms. The molecule has 116 valence electrons. The fourth-order valence-electron chi connectivity index (χ4n) is 2.46. The Hall–Kier alpha value is -1.39. The van der Waals surface area contributed by atoms with Crippen LogP contribution < -0.4 is 10.6 Å². The maximum absolute atomic E-state index is 11.8. The molecular formula is C16H23ClN2O2. The molecule has 4 nitrogen and oxygen atoms in total. The molecule has 1 aliphatic rings. The van der Waals surface area contributed by atoms with Crippen molar-refractivity contribution in [2.45, 2.75) is 25.7 Å².